The molecular formula is C14H15N3O2. The van der Waals surface area contributed by atoms with Crippen molar-refractivity contribution < 1.29 is 9.32 Å². The first-order valence-corrected chi connectivity index (χ1v) is 6.27. The fourth-order valence-corrected chi connectivity index (χ4v) is 2.28. The van der Waals surface area contributed by atoms with Gasteiger partial charge in [-0.15, -0.1) is 0 Å². The van der Waals surface area contributed by atoms with Crippen LogP contribution in [0.3, 0.4) is 0 Å². The van der Waals surface area contributed by atoms with Gasteiger partial charge in [0.2, 0.25) is 5.91 Å². The largest absolute Gasteiger partial charge is 0.360 e. The molecule has 5 nitrogen and oxygen atoms in total. The van der Waals surface area contributed by atoms with Crippen molar-refractivity contribution in [2.45, 2.75) is 25.9 Å². The minimum Gasteiger partial charge on any atom is -0.360 e. The van der Waals surface area contributed by atoms with Crippen molar-refractivity contribution in [3.63, 3.8) is 0 Å². The van der Waals surface area contributed by atoms with Gasteiger partial charge in [-0.2, -0.15) is 0 Å². The van der Waals surface area contributed by atoms with E-state index in [9.17, 15) is 4.79 Å². The molecule has 1 aromatic heterocycles. The molecule has 0 saturated heterocycles. The van der Waals surface area contributed by atoms with E-state index in [1.807, 2.05) is 12.1 Å². The van der Waals surface area contributed by atoms with Gasteiger partial charge in [-0.25, -0.2) is 0 Å². The summed E-state index contributed by atoms with van der Waals surface area (Å²) in [5.74, 6) is 1.06. The quantitative estimate of drug-likeness (QED) is 0.858. The Morgan fingerprint density at radius 2 is 2.21 bits per heavy atom. The normalized spacial score (nSPS) is 17.8. The van der Waals surface area contributed by atoms with Crippen LogP contribution in [-0.4, -0.2) is 17.1 Å². The number of carbonyl (C=O) groups excluding carboxylic acids is 1. The maximum atomic E-state index is 12.1. The van der Waals surface area contributed by atoms with E-state index < -0.39 is 0 Å². The summed E-state index contributed by atoms with van der Waals surface area (Å²) in [7, 11) is 0. The molecular weight excluding hydrogens is 242 g/mol. The molecule has 19 heavy (non-hydrogen) atoms. The van der Waals surface area contributed by atoms with E-state index in [0.717, 1.165) is 0 Å². The second-order valence-corrected chi connectivity index (χ2v) is 4.72. The Hall–Kier alpha value is -2.14. The number of hydrogen-bond acceptors (Lipinski definition) is 4. The lowest BCUT2D eigenvalue weighted by Gasteiger charge is -2.24. The smallest absolute Gasteiger partial charge is 0.243 e. The van der Waals surface area contributed by atoms with Crippen molar-refractivity contribution in [2.24, 2.45) is 0 Å². The SMILES string of the molecule is Cc1cc(NC(=O)[C@H]2Cc3ccccc3CN2)no1. The number of nitrogens with one attached hydrogen (secondary N) is 2. The van der Waals surface area contributed by atoms with E-state index in [-0.39, 0.29) is 11.9 Å². The third kappa shape index (κ3) is 2.51. The van der Waals surface area contributed by atoms with E-state index in [1.54, 1.807) is 13.0 Å². The van der Waals surface area contributed by atoms with Gasteiger partial charge in [-0.1, -0.05) is 29.4 Å². The summed E-state index contributed by atoms with van der Waals surface area (Å²) in [5.41, 5.74) is 2.47. The molecule has 1 aromatic carbocycles. The lowest BCUT2D eigenvalue weighted by Crippen LogP contribution is -2.44. The molecule has 0 saturated carbocycles. The van der Waals surface area contributed by atoms with Crippen molar-refractivity contribution >= 4 is 11.7 Å². The van der Waals surface area contributed by atoms with Crippen molar-refractivity contribution in [1.29, 1.82) is 0 Å². The average Bonchev–Trinajstić information content (AvgIpc) is 2.83. The number of anilines is 1. The van der Waals surface area contributed by atoms with Crippen LogP contribution < -0.4 is 10.6 Å². The Morgan fingerprint density at radius 3 is 2.95 bits per heavy atom. The first-order chi connectivity index (χ1) is 9.22. The molecule has 0 aliphatic carbocycles. The van der Waals surface area contributed by atoms with E-state index in [4.69, 9.17) is 4.52 Å². The number of hydrogen-bond donors (Lipinski definition) is 2. The van der Waals surface area contributed by atoms with Crippen molar-refractivity contribution in [2.75, 3.05) is 5.32 Å². The Kier molecular flexibility index (Phi) is 3.05. The molecule has 0 spiro atoms. The molecule has 1 atom stereocenters. The highest BCUT2D eigenvalue weighted by Gasteiger charge is 2.24. The fourth-order valence-electron chi connectivity index (χ4n) is 2.28. The summed E-state index contributed by atoms with van der Waals surface area (Å²) < 4.78 is 4.92. The molecule has 0 bridgehead atoms. The summed E-state index contributed by atoms with van der Waals surface area (Å²) in [4.78, 5) is 12.1. The predicted octanol–water partition coefficient (Wildman–Crippen LogP) is 1.64. The summed E-state index contributed by atoms with van der Waals surface area (Å²) in [6.45, 7) is 2.50. The van der Waals surface area contributed by atoms with Gasteiger partial charge in [-0.3, -0.25) is 4.79 Å². The molecule has 0 unspecified atom stereocenters. The molecule has 0 fully saturated rings. The zero-order valence-corrected chi connectivity index (χ0v) is 10.6. The van der Waals surface area contributed by atoms with Gasteiger partial charge >= 0.3 is 0 Å². The monoisotopic (exact) mass is 257 g/mol. The highest BCUT2D eigenvalue weighted by atomic mass is 16.5. The van der Waals surface area contributed by atoms with Crippen LogP contribution in [0.1, 0.15) is 16.9 Å². The van der Waals surface area contributed by atoms with Crippen LogP contribution in [0.4, 0.5) is 5.82 Å². The van der Waals surface area contributed by atoms with Gasteiger partial charge in [0.05, 0.1) is 6.04 Å². The lowest BCUT2D eigenvalue weighted by atomic mass is 9.95. The summed E-state index contributed by atoms with van der Waals surface area (Å²) >= 11 is 0. The Morgan fingerprint density at radius 1 is 1.42 bits per heavy atom. The molecule has 5 heteroatoms. The minimum absolute atomic E-state index is 0.0807. The van der Waals surface area contributed by atoms with Gasteiger partial charge in [0.1, 0.15) is 5.76 Å². The number of carbonyl (C=O) groups is 1. The zero-order chi connectivity index (χ0) is 13.2. The molecule has 3 rings (SSSR count). The van der Waals surface area contributed by atoms with Crippen LogP contribution in [0.5, 0.6) is 0 Å². The molecule has 2 aromatic rings. The van der Waals surface area contributed by atoms with Gasteiger partial charge < -0.3 is 15.2 Å². The average molecular weight is 257 g/mol. The molecule has 1 amide bonds. The minimum atomic E-state index is -0.230. The molecule has 0 radical (unpaired) electrons. The first kappa shape index (κ1) is 11.9. The van der Waals surface area contributed by atoms with E-state index >= 15 is 0 Å². The van der Waals surface area contributed by atoms with Gasteiger partial charge in [0.15, 0.2) is 5.82 Å². The maximum absolute atomic E-state index is 12.1. The third-order valence-electron chi connectivity index (χ3n) is 3.28. The van der Waals surface area contributed by atoms with Gasteiger partial charge in [0.25, 0.3) is 0 Å². The topological polar surface area (TPSA) is 67.2 Å². The van der Waals surface area contributed by atoms with Crippen LogP contribution in [-0.2, 0) is 17.8 Å². The highest BCUT2D eigenvalue weighted by molar-refractivity contribution is 5.94. The second kappa shape index (κ2) is 4.85. The standard InChI is InChI=1S/C14H15N3O2/c1-9-6-13(17-19-9)16-14(18)12-7-10-4-2-3-5-11(10)8-15-12/h2-6,12,15H,7-8H2,1H3,(H,16,17,18)/t12-/m1/s1. The fraction of sp³-hybridized carbons (Fsp3) is 0.286. The Labute approximate surface area is 111 Å². The third-order valence-corrected chi connectivity index (χ3v) is 3.28. The number of benzene rings is 1. The summed E-state index contributed by atoms with van der Waals surface area (Å²) in [6.07, 6.45) is 0.693. The van der Waals surface area contributed by atoms with E-state index in [1.165, 1.54) is 11.1 Å². The summed E-state index contributed by atoms with van der Waals surface area (Å²) in [6, 6.07) is 9.63. The molecule has 1 aliphatic rings. The molecule has 1 aliphatic heterocycles. The van der Waals surface area contributed by atoms with Gasteiger partial charge in [-0.05, 0) is 24.5 Å². The highest BCUT2D eigenvalue weighted by Crippen LogP contribution is 2.17. The number of aromatic nitrogens is 1. The van der Waals surface area contributed by atoms with Crippen molar-refractivity contribution in [3.05, 3.63) is 47.2 Å². The number of fused-ring (bicyclic) bond motifs is 1. The Bertz CT molecular complexity index is 606. The van der Waals surface area contributed by atoms with Crippen LogP contribution in [0.15, 0.2) is 34.9 Å². The van der Waals surface area contributed by atoms with Crippen molar-refractivity contribution in [3.8, 4) is 0 Å². The van der Waals surface area contributed by atoms with Crippen LogP contribution in [0, 0.1) is 6.92 Å². The second-order valence-electron chi connectivity index (χ2n) is 4.72. The number of nitrogens with zero attached hydrogens (tertiary/aromatic N) is 1. The number of amides is 1. The zero-order valence-electron chi connectivity index (χ0n) is 10.6. The molecule has 98 valence electrons. The van der Waals surface area contributed by atoms with Crippen molar-refractivity contribution in [1.82, 2.24) is 10.5 Å². The van der Waals surface area contributed by atoms with Gasteiger partial charge in [0, 0.05) is 12.6 Å². The lowest BCUT2D eigenvalue weighted by molar-refractivity contribution is -0.118. The maximum Gasteiger partial charge on any atom is 0.243 e. The van der Waals surface area contributed by atoms with E-state index in [0.29, 0.717) is 24.5 Å². The van der Waals surface area contributed by atoms with Crippen LogP contribution in [0.2, 0.25) is 0 Å². The summed E-state index contributed by atoms with van der Waals surface area (Å²) in [5, 5.41) is 9.75. The number of aryl methyl sites for hydroxylation is 1. The molecule has 2 heterocycles. The first-order valence-electron chi connectivity index (χ1n) is 6.27. The van der Waals surface area contributed by atoms with Crippen LogP contribution >= 0.6 is 0 Å². The van der Waals surface area contributed by atoms with Crippen LogP contribution in [0.25, 0.3) is 0 Å². The Balaban J connectivity index is 1.69. The predicted molar refractivity (Wildman–Crippen MR) is 70.6 cm³/mol. The van der Waals surface area contributed by atoms with E-state index in [2.05, 4.69) is 27.9 Å². The molecule has 2 N–H and O–H groups in total. The number of rotatable bonds is 2.